The predicted molar refractivity (Wildman–Crippen MR) is 46.4 cm³/mol. The van der Waals surface area contributed by atoms with Crippen LogP contribution in [0.15, 0.2) is 6.20 Å². The molecule has 0 saturated carbocycles. The van der Waals surface area contributed by atoms with Gasteiger partial charge < -0.3 is 5.73 Å². The van der Waals surface area contributed by atoms with Gasteiger partial charge in [0.15, 0.2) is 6.29 Å². The van der Waals surface area contributed by atoms with Crippen LogP contribution in [0, 0.1) is 0 Å². The molecule has 0 aliphatic rings. The molecular weight excluding hydrogens is 189 g/mol. The largest absolute Gasteiger partial charge is 0.325 e. The van der Waals surface area contributed by atoms with E-state index in [9.17, 15) is 4.79 Å². The molecule has 11 heavy (non-hydrogen) atoms. The molecule has 3 N–H and O–H groups in total. The van der Waals surface area contributed by atoms with Crippen LogP contribution in [0.5, 0.6) is 0 Å². The zero-order valence-electron chi connectivity index (χ0n) is 5.61. The zero-order chi connectivity index (χ0) is 6.69. The summed E-state index contributed by atoms with van der Waals surface area (Å²) < 4.78 is 0. The van der Waals surface area contributed by atoms with Crippen molar-refractivity contribution in [2.45, 2.75) is 6.54 Å². The molecular formula is C5H9Cl2N3O. The van der Waals surface area contributed by atoms with E-state index in [1.54, 1.807) is 0 Å². The second kappa shape index (κ2) is 6.15. The Kier molecular flexibility index (Phi) is 7.29. The average molecular weight is 198 g/mol. The Balaban J connectivity index is 0. The van der Waals surface area contributed by atoms with Gasteiger partial charge in [-0.15, -0.1) is 24.8 Å². The van der Waals surface area contributed by atoms with Crippen molar-refractivity contribution >= 4 is 31.1 Å². The summed E-state index contributed by atoms with van der Waals surface area (Å²) in [6, 6.07) is 0. The van der Waals surface area contributed by atoms with Gasteiger partial charge in [-0.25, -0.2) is 0 Å². The van der Waals surface area contributed by atoms with Gasteiger partial charge in [0.25, 0.3) is 0 Å². The van der Waals surface area contributed by atoms with Gasteiger partial charge in [0, 0.05) is 6.54 Å². The van der Waals surface area contributed by atoms with Crippen molar-refractivity contribution in [1.29, 1.82) is 0 Å². The van der Waals surface area contributed by atoms with Gasteiger partial charge in [-0.3, -0.25) is 9.89 Å². The SMILES string of the molecule is Cl.Cl.NCc1[nH]ncc1C=O. The standard InChI is InChI=1S/C5H7N3O.2ClH/c6-1-5-4(3-9)2-7-8-5;;/h2-3H,1,6H2,(H,7,8);2*1H. The maximum atomic E-state index is 10.1. The van der Waals surface area contributed by atoms with E-state index in [-0.39, 0.29) is 24.8 Å². The summed E-state index contributed by atoms with van der Waals surface area (Å²) in [6.07, 6.45) is 2.18. The van der Waals surface area contributed by atoms with E-state index >= 15 is 0 Å². The fourth-order valence-corrected chi connectivity index (χ4v) is 0.587. The summed E-state index contributed by atoms with van der Waals surface area (Å²) in [4.78, 5) is 10.1. The first kappa shape index (κ1) is 13.0. The third-order valence-corrected chi connectivity index (χ3v) is 1.08. The number of hydrogen-bond donors (Lipinski definition) is 2. The van der Waals surface area contributed by atoms with Crippen LogP contribution in [0.1, 0.15) is 16.1 Å². The fraction of sp³-hybridized carbons (Fsp3) is 0.200. The first-order valence-corrected chi connectivity index (χ1v) is 2.56. The van der Waals surface area contributed by atoms with Crippen molar-refractivity contribution in [3.63, 3.8) is 0 Å². The van der Waals surface area contributed by atoms with Gasteiger partial charge in [-0.2, -0.15) is 5.10 Å². The van der Waals surface area contributed by atoms with Gasteiger partial charge >= 0.3 is 0 Å². The van der Waals surface area contributed by atoms with E-state index in [1.165, 1.54) is 6.20 Å². The monoisotopic (exact) mass is 197 g/mol. The maximum absolute atomic E-state index is 10.1. The molecule has 0 amide bonds. The molecule has 0 radical (unpaired) electrons. The summed E-state index contributed by atoms with van der Waals surface area (Å²) >= 11 is 0. The van der Waals surface area contributed by atoms with E-state index in [1.807, 2.05) is 0 Å². The van der Waals surface area contributed by atoms with E-state index in [4.69, 9.17) is 5.73 Å². The summed E-state index contributed by atoms with van der Waals surface area (Å²) in [5, 5.41) is 6.23. The number of aromatic amines is 1. The number of H-pyrrole nitrogens is 1. The van der Waals surface area contributed by atoms with Crippen LogP contribution in [0.4, 0.5) is 0 Å². The number of nitrogens with one attached hydrogen (secondary N) is 1. The van der Waals surface area contributed by atoms with Crippen molar-refractivity contribution in [1.82, 2.24) is 10.2 Å². The average Bonchev–Trinajstić information content (AvgIpc) is 2.33. The molecule has 1 aromatic rings. The van der Waals surface area contributed by atoms with Gasteiger partial charge in [-0.05, 0) is 0 Å². The van der Waals surface area contributed by atoms with Crippen LogP contribution in [0.25, 0.3) is 0 Å². The molecule has 0 aliphatic carbocycles. The van der Waals surface area contributed by atoms with Crippen molar-refractivity contribution in [2.24, 2.45) is 5.73 Å². The van der Waals surface area contributed by atoms with Crippen molar-refractivity contribution in [3.05, 3.63) is 17.5 Å². The quantitative estimate of drug-likeness (QED) is 0.680. The number of halogens is 2. The highest BCUT2D eigenvalue weighted by Gasteiger charge is 1.98. The Hall–Kier alpha value is -0.580. The maximum Gasteiger partial charge on any atom is 0.153 e. The van der Waals surface area contributed by atoms with Crippen LogP contribution in [0.3, 0.4) is 0 Å². The molecule has 1 rings (SSSR count). The Morgan fingerprint density at radius 1 is 1.64 bits per heavy atom. The smallest absolute Gasteiger partial charge is 0.153 e. The Morgan fingerprint density at radius 3 is 2.64 bits per heavy atom. The molecule has 4 nitrogen and oxygen atoms in total. The van der Waals surface area contributed by atoms with Crippen LogP contribution >= 0.6 is 24.8 Å². The highest BCUT2D eigenvalue weighted by atomic mass is 35.5. The lowest BCUT2D eigenvalue weighted by molar-refractivity contribution is 0.112. The van der Waals surface area contributed by atoms with Crippen molar-refractivity contribution in [3.8, 4) is 0 Å². The van der Waals surface area contributed by atoms with Crippen molar-refractivity contribution < 1.29 is 4.79 Å². The first-order valence-electron chi connectivity index (χ1n) is 2.56. The zero-order valence-corrected chi connectivity index (χ0v) is 7.24. The third kappa shape index (κ3) is 2.88. The predicted octanol–water partition coefficient (Wildman–Crippen LogP) is 0.525. The molecule has 0 fully saturated rings. The summed E-state index contributed by atoms with van der Waals surface area (Å²) in [5.41, 5.74) is 6.47. The molecule has 0 unspecified atom stereocenters. The van der Waals surface area contributed by atoms with Crippen LogP contribution < -0.4 is 5.73 Å². The van der Waals surface area contributed by atoms with Gasteiger partial charge in [0.1, 0.15) is 0 Å². The van der Waals surface area contributed by atoms with E-state index < -0.39 is 0 Å². The first-order chi connectivity index (χ1) is 4.38. The second-order valence-electron chi connectivity index (χ2n) is 1.63. The number of carbonyl (C=O) groups is 1. The number of aromatic nitrogens is 2. The fourth-order valence-electron chi connectivity index (χ4n) is 0.587. The van der Waals surface area contributed by atoms with Crippen LogP contribution in [-0.2, 0) is 6.54 Å². The topological polar surface area (TPSA) is 71.8 Å². The molecule has 0 bridgehead atoms. The number of hydrogen-bond acceptors (Lipinski definition) is 3. The molecule has 1 aromatic heterocycles. The molecule has 6 heteroatoms. The van der Waals surface area contributed by atoms with Gasteiger partial charge in [0.2, 0.25) is 0 Å². The molecule has 64 valence electrons. The molecule has 0 aromatic carbocycles. The Bertz CT molecular complexity index is 213. The molecule has 0 saturated heterocycles. The molecule has 1 heterocycles. The molecule has 0 atom stereocenters. The minimum Gasteiger partial charge on any atom is -0.325 e. The lowest BCUT2D eigenvalue weighted by atomic mass is 10.3. The van der Waals surface area contributed by atoms with Crippen molar-refractivity contribution in [2.75, 3.05) is 0 Å². The lowest BCUT2D eigenvalue weighted by Gasteiger charge is -1.86. The second-order valence-corrected chi connectivity index (χ2v) is 1.63. The van der Waals surface area contributed by atoms with Gasteiger partial charge in [-0.1, -0.05) is 0 Å². The Morgan fingerprint density at radius 2 is 2.27 bits per heavy atom. The Labute approximate surface area is 76.4 Å². The third-order valence-electron chi connectivity index (χ3n) is 1.08. The number of carbonyl (C=O) groups excluding carboxylic acids is 1. The van der Waals surface area contributed by atoms with E-state index in [0.717, 1.165) is 6.29 Å². The summed E-state index contributed by atoms with van der Waals surface area (Å²) in [7, 11) is 0. The molecule has 0 spiro atoms. The number of aldehydes is 1. The van der Waals surface area contributed by atoms with Gasteiger partial charge in [0.05, 0.1) is 17.5 Å². The minimum atomic E-state index is 0. The summed E-state index contributed by atoms with van der Waals surface area (Å²) in [5.74, 6) is 0. The normalized spacial score (nSPS) is 7.73. The van der Waals surface area contributed by atoms with Crippen LogP contribution in [-0.4, -0.2) is 16.5 Å². The highest BCUT2D eigenvalue weighted by Crippen LogP contribution is 1.97. The van der Waals surface area contributed by atoms with Crippen LogP contribution in [0.2, 0.25) is 0 Å². The number of nitrogens with zero attached hydrogens (tertiary/aromatic N) is 1. The summed E-state index contributed by atoms with van der Waals surface area (Å²) in [6.45, 7) is 0.327. The molecule has 0 aliphatic heterocycles. The lowest BCUT2D eigenvalue weighted by Crippen LogP contribution is -1.99. The number of nitrogens with two attached hydrogens (primary N) is 1. The minimum absolute atomic E-state index is 0. The van der Waals surface area contributed by atoms with E-state index in [2.05, 4.69) is 10.2 Å². The van der Waals surface area contributed by atoms with E-state index in [0.29, 0.717) is 17.8 Å². The number of rotatable bonds is 2. The highest BCUT2D eigenvalue weighted by molar-refractivity contribution is 5.85.